The minimum atomic E-state index is -1.06. The second kappa shape index (κ2) is 7.71. The number of para-hydroxylation sites is 1. The van der Waals surface area contributed by atoms with Crippen LogP contribution < -0.4 is 9.64 Å². The lowest BCUT2D eigenvalue weighted by atomic mass is 10.1. The van der Waals surface area contributed by atoms with Crippen molar-refractivity contribution >= 4 is 46.5 Å². The van der Waals surface area contributed by atoms with Gasteiger partial charge in [-0.05, 0) is 19.1 Å². The number of carboxylic acid groups (broad SMARTS) is 1. The molecule has 0 fully saturated rings. The van der Waals surface area contributed by atoms with Crippen LogP contribution in [0.25, 0.3) is 0 Å². The fraction of sp³-hybridized carbons (Fsp3) is 0.312. The van der Waals surface area contributed by atoms with Gasteiger partial charge in [0, 0.05) is 18.0 Å². The number of nitrogens with zero attached hydrogens (tertiary/aromatic N) is 2. The number of hydrogen-bond acceptors (Lipinski definition) is 7. The number of halogens is 1. The van der Waals surface area contributed by atoms with E-state index in [4.69, 9.17) is 9.47 Å². The van der Waals surface area contributed by atoms with Crippen LogP contribution >= 0.6 is 23.7 Å². The predicted molar refractivity (Wildman–Crippen MR) is 95.6 cm³/mol. The van der Waals surface area contributed by atoms with Gasteiger partial charge in [0.15, 0.2) is 10.9 Å². The summed E-state index contributed by atoms with van der Waals surface area (Å²) in [5.41, 5.74) is 0.698. The van der Waals surface area contributed by atoms with Gasteiger partial charge in [0.2, 0.25) is 0 Å². The molecule has 134 valence electrons. The van der Waals surface area contributed by atoms with E-state index in [1.807, 2.05) is 11.8 Å². The molecule has 25 heavy (non-hydrogen) atoms. The molecule has 0 radical (unpaired) electrons. The maximum Gasteiger partial charge on any atom is 0.339 e. The van der Waals surface area contributed by atoms with Crippen molar-refractivity contribution in [2.45, 2.75) is 19.9 Å². The third kappa shape index (κ3) is 3.85. The largest absolute Gasteiger partial charge is 0.488 e. The van der Waals surface area contributed by atoms with E-state index in [0.717, 1.165) is 4.88 Å². The van der Waals surface area contributed by atoms with E-state index in [1.165, 1.54) is 24.3 Å². The Balaban J connectivity index is 0.00000225. The maximum atomic E-state index is 11.4. The topological polar surface area (TPSA) is 89.0 Å². The Morgan fingerprint density at radius 3 is 2.84 bits per heavy atom. The van der Waals surface area contributed by atoms with Crippen LogP contribution in [0.5, 0.6) is 5.75 Å². The van der Waals surface area contributed by atoms with Crippen molar-refractivity contribution in [3.8, 4) is 5.75 Å². The summed E-state index contributed by atoms with van der Waals surface area (Å²) in [6.45, 7) is 3.61. The van der Waals surface area contributed by atoms with Crippen LogP contribution in [0.15, 0.2) is 24.4 Å². The molecule has 0 unspecified atom stereocenters. The molecule has 1 aliphatic heterocycles. The number of aromatic nitrogens is 1. The Hall–Kier alpha value is -2.32. The minimum Gasteiger partial charge on any atom is -0.488 e. The summed E-state index contributed by atoms with van der Waals surface area (Å²) in [4.78, 5) is 29.9. The molecule has 0 aliphatic carbocycles. The van der Waals surface area contributed by atoms with Gasteiger partial charge < -0.3 is 19.5 Å². The lowest BCUT2D eigenvalue weighted by Gasteiger charge is -2.36. The minimum absolute atomic E-state index is 0. The Morgan fingerprint density at radius 1 is 1.48 bits per heavy atom. The standard InChI is InChI=1S/C16H16N2O5S.ClH/c1-9-6-17-16(24-9)18-11(7-22-10(2)19)8-23-14-12(15(20)21)4-3-5-13(14)18;/h3-6,11H,7-8H2,1-2H3,(H,20,21);1H/t11-;/m1./s1. The summed E-state index contributed by atoms with van der Waals surface area (Å²) >= 11 is 1.48. The Kier molecular flexibility index (Phi) is 5.86. The number of aromatic carboxylic acids is 1. The number of hydrogen-bond donors (Lipinski definition) is 1. The molecule has 1 aromatic heterocycles. The first-order valence-corrected chi connectivity index (χ1v) is 8.13. The molecule has 3 rings (SSSR count). The van der Waals surface area contributed by atoms with Crippen molar-refractivity contribution in [1.29, 1.82) is 0 Å². The number of carbonyl (C=O) groups excluding carboxylic acids is 1. The van der Waals surface area contributed by atoms with E-state index in [1.54, 1.807) is 18.3 Å². The SMILES string of the molecule is CC(=O)OC[C@@H]1COc2c(C(=O)O)cccc2N1c1ncc(C)s1.Cl. The summed E-state index contributed by atoms with van der Waals surface area (Å²) in [5, 5.41) is 10.1. The molecule has 7 nitrogen and oxygen atoms in total. The molecular formula is C16H17ClN2O5S. The van der Waals surface area contributed by atoms with Crippen LogP contribution in [0.1, 0.15) is 22.2 Å². The predicted octanol–water partition coefficient (Wildman–Crippen LogP) is 3.03. The van der Waals surface area contributed by atoms with E-state index < -0.39 is 5.97 Å². The van der Waals surface area contributed by atoms with Crippen molar-refractivity contribution in [2.75, 3.05) is 18.1 Å². The lowest BCUT2D eigenvalue weighted by molar-refractivity contribution is -0.141. The van der Waals surface area contributed by atoms with Gasteiger partial charge in [0.25, 0.3) is 0 Å². The number of carboxylic acids is 1. The molecular weight excluding hydrogens is 368 g/mol. The van der Waals surface area contributed by atoms with Crippen LogP contribution in [0.2, 0.25) is 0 Å². The second-order valence-corrected chi connectivity index (χ2v) is 6.56. The third-order valence-electron chi connectivity index (χ3n) is 3.56. The molecule has 2 aromatic rings. The van der Waals surface area contributed by atoms with E-state index in [-0.39, 0.29) is 43.2 Å². The van der Waals surface area contributed by atoms with Gasteiger partial charge in [0.1, 0.15) is 24.8 Å². The molecule has 0 bridgehead atoms. The first kappa shape index (κ1) is 19.0. The zero-order valence-corrected chi connectivity index (χ0v) is 15.2. The van der Waals surface area contributed by atoms with Gasteiger partial charge in [0.05, 0.1) is 5.69 Å². The third-order valence-corrected chi connectivity index (χ3v) is 4.48. The quantitative estimate of drug-likeness (QED) is 0.810. The zero-order chi connectivity index (χ0) is 17.3. The average molecular weight is 385 g/mol. The molecule has 2 heterocycles. The van der Waals surface area contributed by atoms with Crippen molar-refractivity contribution in [3.63, 3.8) is 0 Å². The van der Waals surface area contributed by atoms with Crippen LogP contribution in [0.4, 0.5) is 10.8 Å². The maximum absolute atomic E-state index is 11.4. The van der Waals surface area contributed by atoms with Gasteiger partial charge in [-0.15, -0.1) is 23.7 Å². The number of esters is 1. The normalized spacial score (nSPS) is 15.6. The molecule has 1 atom stereocenters. The second-order valence-electron chi connectivity index (χ2n) is 5.35. The lowest BCUT2D eigenvalue weighted by Crippen LogP contribution is -2.43. The van der Waals surface area contributed by atoms with Crippen molar-refractivity contribution in [1.82, 2.24) is 4.98 Å². The van der Waals surface area contributed by atoms with Gasteiger partial charge in [-0.1, -0.05) is 6.07 Å². The van der Waals surface area contributed by atoms with Gasteiger partial charge in [-0.3, -0.25) is 4.79 Å². The van der Waals surface area contributed by atoms with Crippen molar-refractivity contribution in [3.05, 3.63) is 34.8 Å². The highest BCUT2D eigenvalue weighted by atomic mass is 35.5. The van der Waals surface area contributed by atoms with Crippen LogP contribution in [0.3, 0.4) is 0 Å². The highest BCUT2D eigenvalue weighted by molar-refractivity contribution is 7.15. The molecule has 9 heteroatoms. The summed E-state index contributed by atoms with van der Waals surface area (Å²) in [6, 6.07) is 4.65. The molecule has 0 amide bonds. The van der Waals surface area contributed by atoms with E-state index >= 15 is 0 Å². The Labute approximate surface area is 154 Å². The number of rotatable bonds is 4. The summed E-state index contributed by atoms with van der Waals surface area (Å²) in [6.07, 6.45) is 1.75. The number of fused-ring (bicyclic) bond motifs is 1. The number of anilines is 2. The number of aryl methyl sites for hydroxylation is 1. The number of carbonyl (C=O) groups is 2. The van der Waals surface area contributed by atoms with Gasteiger partial charge in [-0.2, -0.15) is 0 Å². The van der Waals surface area contributed by atoms with E-state index in [2.05, 4.69) is 4.98 Å². The van der Waals surface area contributed by atoms with Gasteiger partial charge >= 0.3 is 11.9 Å². The first-order valence-electron chi connectivity index (χ1n) is 7.31. The smallest absolute Gasteiger partial charge is 0.339 e. The number of benzene rings is 1. The molecule has 0 saturated heterocycles. The average Bonchev–Trinajstić information content (AvgIpc) is 2.97. The molecule has 1 aromatic carbocycles. The van der Waals surface area contributed by atoms with Crippen LogP contribution in [-0.4, -0.2) is 41.3 Å². The Bertz CT molecular complexity index is 795. The zero-order valence-electron chi connectivity index (χ0n) is 13.6. The fourth-order valence-electron chi connectivity index (χ4n) is 2.54. The van der Waals surface area contributed by atoms with E-state index in [0.29, 0.717) is 16.6 Å². The van der Waals surface area contributed by atoms with Crippen LogP contribution in [-0.2, 0) is 9.53 Å². The summed E-state index contributed by atoms with van der Waals surface area (Å²) in [7, 11) is 0. The number of ether oxygens (including phenoxy) is 2. The molecule has 0 spiro atoms. The molecule has 1 aliphatic rings. The Morgan fingerprint density at radius 2 is 2.24 bits per heavy atom. The fourth-order valence-corrected chi connectivity index (χ4v) is 3.38. The van der Waals surface area contributed by atoms with Crippen LogP contribution in [0, 0.1) is 6.92 Å². The highest BCUT2D eigenvalue weighted by Gasteiger charge is 2.33. The summed E-state index contributed by atoms with van der Waals surface area (Å²) < 4.78 is 10.8. The van der Waals surface area contributed by atoms with Crippen molar-refractivity contribution < 1.29 is 24.2 Å². The monoisotopic (exact) mass is 384 g/mol. The first-order chi connectivity index (χ1) is 11.5. The van der Waals surface area contributed by atoms with E-state index in [9.17, 15) is 14.7 Å². The van der Waals surface area contributed by atoms with Crippen molar-refractivity contribution in [2.24, 2.45) is 0 Å². The number of thiazole rings is 1. The molecule has 0 saturated carbocycles. The summed E-state index contributed by atoms with van der Waals surface area (Å²) in [5.74, 6) is -1.13. The highest BCUT2D eigenvalue weighted by Crippen LogP contribution is 2.42. The molecule has 1 N–H and O–H groups in total. The van der Waals surface area contributed by atoms with Gasteiger partial charge in [-0.25, -0.2) is 9.78 Å².